The molecule has 2 aromatic heterocycles. The van der Waals surface area contributed by atoms with Gasteiger partial charge in [0.25, 0.3) is 0 Å². The van der Waals surface area contributed by atoms with Gasteiger partial charge in [-0.15, -0.1) is 0 Å². The number of aryl methyl sites for hydroxylation is 1. The van der Waals surface area contributed by atoms with Crippen LogP contribution in [0.2, 0.25) is 0 Å². The summed E-state index contributed by atoms with van der Waals surface area (Å²) in [6, 6.07) is 7.99. The van der Waals surface area contributed by atoms with Crippen molar-refractivity contribution in [3.8, 4) is 6.07 Å². The minimum Gasteiger partial charge on any atom is -0.375 e. The number of piperidine rings is 1. The monoisotopic (exact) mass is 520 g/mol. The average molecular weight is 521 g/mol. The van der Waals surface area contributed by atoms with E-state index in [4.69, 9.17) is 5.26 Å². The van der Waals surface area contributed by atoms with Crippen LogP contribution in [0.3, 0.4) is 0 Å². The van der Waals surface area contributed by atoms with Crippen molar-refractivity contribution in [2.24, 2.45) is 13.0 Å². The summed E-state index contributed by atoms with van der Waals surface area (Å²) in [4.78, 5) is 19.7. The Morgan fingerprint density at radius 3 is 2.55 bits per heavy atom. The molecule has 8 heteroatoms. The van der Waals surface area contributed by atoms with Gasteiger partial charge in [0, 0.05) is 55.6 Å². The second-order valence-electron chi connectivity index (χ2n) is 10.6. The molecule has 0 amide bonds. The van der Waals surface area contributed by atoms with Gasteiger partial charge in [0.1, 0.15) is 5.65 Å². The van der Waals surface area contributed by atoms with Crippen LogP contribution in [0.1, 0.15) is 77.1 Å². The highest BCUT2D eigenvalue weighted by atomic mass is 19.4. The largest absolute Gasteiger partial charge is 0.417 e. The Kier molecular flexibility index (Phi) is 7.04. The van der Waals surface area contributed by atoms with Crippen LogP contribution >= 0.6 is 0 Å². The third-order valence-electron chi connectivity index (χ3n) is 8.21. The normalized spacial score (nSPS) is 17.2. The van der Waals surface area contributed by atoms with Gasteiger partial charge in [-0.2, -0.15) is 18.4 Å². The van der Waals surface area contributed by atoms with Gasteiger partial charge < -0.3 is 9.47 Å². The number of allylic oxidation sites excluding steroid dienone is 1. The first-order valence-electron chi connectivity index (χ1n) is 13.2. The van der Waals surface area contributed by atoms with Crippen molar-refractivity contribution in [2.45, 2.75) is 57.0 Å². The van der Waals surface area contributed by atoms with Crippen LogP contribution in [0.5, 0.6) is 0 Å². The Balaban J connectivity index is 1.47. The predicted molar refractivity (Wildman–Crippen MR) is 140 cm³/mol. The van der Waals surface area contributed by atoms with Gasteiger partial charge in [-0.1, -0.05) is 31.6 Å². The summed E-state index contributed by atoms with van der Waals surface area (Å²) in [7, 11) is 1.72. The molecule has 1 aliphatic heterocycles. The number of carbonyl (C=O) groups excluding carboxylic acids is 1. The minimum atomic E-state index is -4.65. The van der Waals surface area contributed by atoms with Gasteiger partial charge >= 0.3 is 6.18 Å². The number of fused-ring (bicyclic) bond motifs is 1. The van der Waals surface area contributed by atoms with E-state index in [2.05, 4.69) is 16.5 Å². The first-order valence-corrected chi connectivity index (χ1v) is 13.2. The number of rotatable bonds is 6. The summed E-state index contributed by atoms with van der Waals surface area (Å²) in [5, 5.41) is 9.23. The number of ketones is 1. The van der Waals surface area contributed by atoms with Crippen molar-refractivity contribution in [1.82, 2.24) is 14.5 Å². The number of pyridine rings is 1. The Bertz CT molecular complexity index is 1420. The zero-order chi connectivity index (χ0) is 27.0. The van der Waals surface area contributed by atoms with E-state index in [1.165, 1.54) is 49.7 Å². The number of alkyl halides is 3. The number of benzene rings is 1. The molecule has 2 aliphatic rings. The molecule has 0 unspecified atom stereocenters. The first-order chi connectivity index (χ1) is 18.2. The quantitative estimate of drug-likeness (QED) is 0.337. The fraction of sp³-hybridized carbons (Fsp3) is 0.433. The molecule has 1 aliphatic carbocycles. The van der Waals surface area contributed by atoms with E-state index in [-0.39, 0.29) is 33.6 Å². The molecule has 0 radical (unpaired) electrons. The van der Waals surface area contributed by atoms with Gasteiger partial charge in [-0.3, -0.25) is 4.79 Å². The summed E-state index contributed by atoms with van der Waals surface area (Å²) in [5.74, 6) is 0.0107. The number of hydrogen-bond acceptors (Lipinski definition) is 4. The van der Waals surface area contributed by atoms with Crippen molar-refractivity contribution in [3.63, 3.8) is 0 Å². The molecule has 198 valence electrons. The fourth-order valence-corrected chi connectivity index (χ4v) is 6.22. The first kappa shape index (κ1) is 26.0. The maximum atomic E-state index is 14.6. The van der Waals surface area contributed by atoms with E-state index in [1.54, 1.807) is 29.9 Å². The molecule has 2 fully saturated rings. The molecule has 5 rings (SSSR count). The zero-order valence-electron chi connectivity index (χ0n) is 21.5. The second kappa shape index (κ2) is 10.3. The Morgan fingerprint density at radius 2 is 1.89 bits per heavy atom. The second-order valence-corrected chi connectivity index (χ2v) is 10.6. The molecule has 0 spiro atoms. The number of carbonyl (C=O) groups is 1. The summed E-state index contributed by atoms with van der Waals surface area (Å²) in [6.45, 7) is 5.90. The molecule has 1 saturated carbocycles. The van der Waals surface area contributed by atoms with E-state index in [1.807, 2.05) is 6.07 Å². The third kappa shape index (κ3) is 4.94. The summed E-state index contributed by atoms with van der Waals surface area (Å²) < 4.78 is 45.6. The molecule has 1 saturated heterocycles. The molecule has 0 atom stereocenters. The standard InChI is InChI=1S/C30H31F3N4O/c1-19(21-7-3-4-8-21)37-12-10-22(11-13-37)25-18-36(2)29-27(25)28(30(31,32)33)24(17-35-29)15-26(38)23-9-5-6-20(14-23)16-34/h5-6,9,14,17-18,21-22H,1,3-4,7-8,10-13,15H2,2H3. The maximum Gasteiger partial charge on any atom is 0.417 e. The van der Waals surface area contributed by atoms with Gasteiger partial charge in [0.15, 0.2) is 5.78 Å². The molecule has 1 aromatic carbocycles. The Hall–Kier alpha value is -3.60. The lowest BCUT2D eigenvalue weighted by Crippen LogP contribution is -2.34. The fourth-order valence-electron chi connectivity index (χ4n) is 6.22. The lowest BCUT2D eigenvalue weighted by molar-refractivity contribution is -0.136. The molecule has 0 bridgehead atoms. The Labute approximate surface area is 220 Å². The van der Waals surface area contributed by atoms with Crippen molar-refractivity contribution in [1.29, 1.82) is 5.26 Å². The molecule has 5 nitrogen and oxygen atoms in total. The molecular formula is C30H31F3N4O. The lowest BCUT2D eigenvalue weighted by Gasteiger charge is -2.37. The van der Waals surface area contributed by atoms with Crippen molar-refractivity contribution < 1.29 is 18.0 Å². The van der Waals surface area contributed by atoms with E-state index >= 15 is 0 Å². The van der Waals surface area contributed by atoms with Crippen LogP contribution < -0.4 is 0 Å². The van der Waals surface area contributed by atoms with Gasteiger partial charge in [-0.25, -0.2) is 4.98 Å². The van der Waals surface area contributed by atoms with Gasteiger partial charge in [0.05, 0.1) is 17.2 Å². The van der Waals surface area contributed by atoms with E-state index in [9.17, 15) is 18.0 Å². The highest BCUT2D eigenvalue weighted by Crippen LogP contribution is 2.43. The number of Topliss-reactive ketones (excluding diaryl/α,β-unsaturated/α-hetero) is 1. The van der Waals surface area contributed by atoms with Gasteiger partial charge in [-0.05, 0) is 60.8 Å². The number of halogens is 3. The average Bonchev–Trinajstić information content (AvgIpc) is 3.56. The maximum absolute atomic E-state index is 14.6. The number of nitrogens with zero attached hydrogens (tertiary/aromatic N) is 4. The highest BCUT2D eigenvalue weighted by Gasteiger charge is 2.39. The van der Waals surface area contributed by atoms with Crippen molar-refractivity contribution in [2.75, 3.05) is 13.1 Å². The van der Waals surface area contributed by atoms with Crippen LogP contribution in [0.25, 0.3) is 11.0 Å². The van der Waals surface area contributed by atoms with Crippen molar-refractivity contribution >= 4 is 16.8 Å². The van der Waals surface area contributed by atoms with E-state index in [0.717, 1.165) is 25.9 Å². The molecule has 3 aromatic rings. The van der Waals surface area contributed by atoms with Gasteiger partial charge in [0.2, 0.25) is 0 Å². The number of likely N-dealkylation sites (tertiary alicyclic amines) is 1. The third-order valence-corrected chi connectivity index (χ3v) is 8.21. The zero-order valence-corrected chi connectivity index (χ0v) is 21.5. The SMILES string of the molecule is C=C(C1CCCC1)N1CCC(c2cn(C)c3ncc(CC(=O)c4cccc(C#N)c4)c(C(F)(F)F)c23)CC1. The Morgan fingerprint density at radius 1 is 1.18 bits per heavy atom. The van der Waals surface area contributed by atoms with Crippen molar-refractivity contribution in [3.05, 3.63) is 76.8 Å². The summed E-state index contributed by atoms with van der Waals surface area (Å²) in [6.07, 6.45) is 4.15. The molecule has 3 heterocycles. The highest BCUT2D eigenvalue weighted by molar-refractivity contribution is 5.99. The van der Waals surface area contributed by atoms with E-state index in [0.29, 0.717) is 11.5 Å². The number of nitriles is 1. The summed E-state index contributed by atoms with van der Waals surface area (Å²) >= 11 is 0. The number of aromatic nitrogens is 2. The minimum absolute atomic E-state index is 0.0347. The van der Waals surface area contributed by atoms with E-state index < -0.39 is 23.9 Å². The van der Waals surface area contributed by atoms with Crippen LogP contribution in [-0.2, 0) is 19.6 Å². The lowest BCUT2D eigenvalue weighted by atomic mass is 9.86. The van der Waals surface area contributed by atoms with Crippen LogP contribution in [0.4, 0.5) is 13.2 Å². The number of hydrogen-bond donors (Lipinski definition) is 0. The molecule has 0 N–H and O–H groups in total. The van der Waals surface area contributed by atoms with Crippen LogP contribution in [0, 0.1) is 17.2 Å². The summed E-state index contributed by atoms with van der Waals surface area (Å²) in [5.41, 5.74) is 1.67. The smallest absolute Gasteiger partial charge is 0.375 e. The topological polar surface area (TPSA) is 61.9 Å². The van der Waals surface area contributed by atoms with Crippen LogP contribution in [-0.4, -0.2) is 33.3 Å². The molecular weight excluding hydrogens is 489 g/mol. The predicted octanol–water partition coefficient (Wildman–Crippen LogP) is 6.77. The van der Waals surface area contributed by atoms with Crippen LogP contribution in [0.15, 0.2) is 48.9 Å². The molecule has 38 heavy (non-hydrogen) atoms.